The number of ether oxygens (including phenoxy) is 1. The van der Waals surface area contributed by atoms with Crippen LogP contribution in [-0.2, 0) is 19.1 Å². The summed E-state index contributed by atoms with van der Waals surface area (Å²) in [6.45, 7) is 3.69. The van der Waals surface area contributed by atoms with E-state index in [2.05, 4.69) is 0 Å². The van der Waals surface area contributed by atoms with Crippen LogP contribution in [0, 0.1) is 5.92 Å². The van der Waals surface area contributed by atoms with Crippen LogP contribution in [0.3, 0.4) is 0 Å². The lowest BCUT2D eigenvalue weighted by Gasteiger charge is -2.24. The lowest BCUT2D eigenvalue weighted by molar-refractivity contribution is -0.158. The first kappa shape index (κ1) is 13.5. The Labute approximate surface area is 99.5 Å². The largest absolute Gasteiger partial charge is 0.481 e. The van der Waals surface area contributed by atoms with Gasteiger partial charge in [-0.2, -0.15) is 0 Å². The van der Waals surface area contributed by atoms with Crippen molar-refractivity contribution in [3.8, 4) is 0 Å². The molecule has 0 aromatic rings. The van der Waals surface area contributed by atoms with E-state index in [1.807, 2.05) is 0 Å². The van der Waals surface area contributed by atoms with Crippen molar-refractivity contribution in [3.05, 3.63) is 0 Å². The number of rotatable bonds is 4. The quantitative estimate of drug-likeness (QED) is 0.565. The topological polar surface area (TPSA) is 83.9 Å². The normalized spacial score (nSPS) is 21.1. The molecule has 1 aliphatic heterocycles. The van der Waals surface area contributed by atoms with Crippen molar-refractivity contribution in [2.75, 3.05) is 13.2 Å². The van der Waals surface area contributed by atoms with Gasteiger partial charge in [0.25, 0.3) is 0 Å². The van der Waals surface area contributed by atoms with Gasteiger partial charge in [-0.05, 0) is 26.7 Å². The Morgan fingerprint density at radius 3 is 2.65 bits per heavy atom. The first-order valence-electron chi connectivity index (χ1n) is 5.69. The van der Waals surface area contributed by atoms with Crippen LogP contribution in [0.1, 0.15) is 26.7 Å². The molecular formula is C11H17NO5. The summed E-state index contributed by atoms with van der Waals surface area (Å²) < 4.78 is 4.87. The summed E-state index contributed by atoms with van der Waals surface area (Å²) in [4.78, 5) is 35.5. The van der Waals surface area contributed by atoms with Crippen molar-refractivity contribution in [1.29, 1.82) is 0 Å². The first-order valence-corrected chi connectivity index (χ1v) is 5.69. The summed E-state index contributed by atoms with van der Waals surface area (Å²) in [5.41, 5.74) is 0. The zero-order valence-electron chi connectivity index (χ0n) is 10.0. The monoisotopic (exact) mass is 243 g/mol. The molecule has 96 valence electrons. The standard InChI is InChI=1S/C11H17NO5/c1-3-17-11(16)8-5-4-6-12(8)9(13)7(2)10(14)15/h7-8H,3-6H2,1-2H3,(H,14,15). The molecular weight excluding hydrogens is 226 g/mol. The van der Waals surface area contributed by atoms with E-state index in [4.69, 9.17) is 9.84 Å². The highest BCUT2D eigenvalue weighted by Gasteiger charge is 2.38. The second kappa shape index (κ2) is 5.65. The Morgan fingerprint density at radius 1 is 1.47 bits per heavy atom. The maximum Gasteiger partial charge on any atom is 0.328 e. The highest BCUT2D eigenvalue weighted by molar-refractivity contribution is 5.98. The van der Waals surface area contributed by atoms with Gasteiger partial charge in [-0.1, -0.05) is 0 Å². The first-order chi connectivity index (χ1) is 7.99. The molecule has 0 aliphatic carbocycles. The smallest absolute Gasteiger partial charge is 0.328 e. The third kappa shape index (κ3) is 2.95. The van der Waals surface area contributed by atoms with Gasteiger partial charge in [0.2, 0.25) is 5.91 Å². The zero-order valence-corrected chi connectivity index (χ0v) is 10.0. The summed E-state index contributed by atoms with van der Waals surface area (Å²) >= 11 is 0. The second-order valence-electron chi connectivity index (χ2n) is 4.00. The van der Waals surface area contributed by atoms with Crippen LogP contribution in [0.25, 0.3) is 0 Å². The number of carboxylic acids is 1. The molecule has 0 saturated carbocycles. The van der Waals surface area contributed by atoms with E-state index < -0.39 is 29.8 Å². The van der Waals surface area contributed by atoms with Gasteiger partial charge >= 0.3 is 11.9 Å². The van der Waals surface area contributed by atoms with E-state index in [0.29, 0.717) is 19.4 Å². The van der Waals surface area contributed by atoms with Crippen molar-refractivity contribution in [1.82, 2.24) is 4.90 Å². The molecule has 6 heteroatoms. The van der Waals surface area contributed by atoms with E-state index in [1.165, 1.54) is 11.8 Å². The third-order valence-electron chi connectivity index (χ3n) is 2.84. The molecule has 2 unspecified atom stereocenters. The molecule has 2 atom stereocenters. The highest BCUT2D eigenvalue weighted by Crippen LogP contribution is 2.21. The SMILES string of the molecule is CCOC(=O)C1CCCN1C(=O)C(C)C(=O)O. The molecule has 1 fully saturated rings. The summed E-state index contributed by atoms with van der Waals surface area (Å²) in [5, 5.41) is 8.78. The number of nitrogens with zero attached hydrogens (tertiary/aromatic N) is 1. The maximum atomic E-state index is 11.8. The second-order valence-corrected chi connectivity index (χ2v) is 4.00. The van der Waals surface area contributed by atoms with Gasteiger partial charge < -0.3 is 14.7 Å². The Balaban J connectivity index is 2.72. The van der Waals surface area contributed by atoms with Gasteiger partial charge in [0.05, 0.1) is 6.61 Å². The molecule has 0 aromatic carbocycles. The van der Waals surface area contributed by atoms with Gasteiger partial charge in [0.1, 0.15) is 12.0 Å². The minimum Gasteiger partial charge on any atom is -0.481 e. The molecule has 1 rings (SSSR count). The molecule has 0 spiro atoms. The minimum atomic E-state index is -1.18. The lowest BCUT2D eigenvalue weighted by atomic mass is 10.1. The van der Waals surface area contributed by atoms with Crippen molar-refractivity contribution in [2.45, 2.75) is 32.7 Å². The van der Waals surface area contributed by atoms with Crippen molar-refractivity contribution < 1.29 is 24.2 Å². The summed E-state index contributed by atoms with van der Waals surface area (Å²) in [6.07, 6.45) is 1.23. The molecule has 1 heterocycles. The molecule has 1 N–H and O–H groups in total. The fourth-order valence-electron chi connectivity index (χ4n) is 1.87. The van der Waals surface area contributed by atoms with Crippen LogP contribution >= 0.6 is 0 Å². The van der Waals surface area contributed by atoms with Crippen molar-refractivity contribution in [3.63, 3.8) is 0 Å². The number of hydrogen-bond donors (Lipinski definition) is 1. The highest BCUT2D eigenvalue weighted by atomic mass is 16.5. The fourth-order valence-corrected chi connectivity index (χ4v) is 1.87. The molecule has 1 amide bonds. The van der Waals surface area contributed by atoms with E-state index in [-0.39, 0.29) is 6.61 Å². The summed E-state index contributed by atoms with van der Waals surface area (Å²) in [7, 11) is 0. The van der Waals surface area contributed by atoms with Crippen LogP contribution in [0.2, 0.25) is 0 Å². The number of hydrogen-bond acceptors (Lipinski definition) is 4. The van der Waals surface area contributed by atoms with Crippen molar-refractivity contribution in [2.24, 2.45) is 5.92 Å². The molecule has 1 saturated heterocycles. The van der Waals surface area contributed by atoms with Gasteiger partial charge in [0.15, 0.2) is 0 Å². The third-order valence-corrected chi connectivity index (χ3v) is 2.84. The number of carbonyl (C=O) groups is 3. The number of carbonyl (C=O) groups excluding carboxylic acids is 2. The molecule has 0 aromatic heterocycles. The summed E-state index contributed by atoms with van der Waals surface area (Å²) in [6, 6.07) is -0.621. The van der Waals surface area contributed by atoms with Crippen LogP contribution < -0.4 is 0 Å². The van der Waals surface area contributed by atoms with E-state index in [1.54, 1.807) is 6.92 Å². The molecule has 17 heavy (non-hydrogen) atoms. The van der Waals surface area contributed by atoms with Crippen LogP contribution in [-0.4, -0.2) is 47.0 Å². The Morgan fingerprint density at radius 2 is 2.12 bits per heavy atom. The number of likely N-dealkylation sites (tertiary alicyclic amines) is 1. The Bertz CT molecular complexity index is 328. The van der Waals surface area contributed by atoms with Gasteiger partial charge in [0, 0.05) is 6.54 Å². The molecule has 1 aliphatic rings. The predicted molar refractivity (Wildman–Crippen MR) is 58.2 cm³/mol. The predicted octanol–water partition coefficient (Wildman–Crippen LogP) is 0.261. The van der Waals surface area contributed by atoms with Crippen LogP contribution in [0.15, 0.2) is 0 Å². The number of amides is 1. The lowest BCUT2D eigenvalue weighted by Crippen LogP contribution is -2.45. The maximum absolute atomic E-state index is 11.8. The minimum absolute atomic E-state index is 0.256. The molecule has 0 bridgehead atoms. The molecule has 6 nitrogen and oxygen atoms in total. The van der Waals surface area contributed by atoms with Gasteiger partial charge in [-0.15, -0.1) is 0 Å². The average Bonchev–Trinajstić information content (AvgIpc) is 2.76. The van der Waals surface area contributed by atoms with E-state index in [9.17, 15) is 14.4 Å². The van der Waals surface area contributed by atoms with Gasteiger partial charge in [-0.25, -0.2) is 4.79 Å². The zero-order chi connectivity index (χ0) is 13.0. The Hall–Kier alpha value is -1.59. The van der Waals surface area contributed by atoms with E-state index >= 15 is 0 Å². The Kier molecular flexibility index (Phi) is 4.48. The van der Waals surface area contributed by atoms with E-state index in [0.717, 1.165) is 0 Å². The van der Waals surface area contributed by atoms with Crippen molar-refractivity contribution >= 4 is 17.8 Å². The fraction of sp³-hybridized carbons (Fsp3) is 0.727. The number of carboxylic acid groups (broad SMARTS) is 1. The van der Waals surface area contributed by atoms with Crippen LogP contribution in [0.5, 0.6) is 0 Å². The number of aliphatic carboxylic acids is 1. The summed E-state index contributed by atoms with van der Waals surface area (Å²) in [5.74, 6) is -3.27. The van der Waals surface area contributed by atoms with Crippen LogP contribution in [0.4, 0.5) is 0 Å². The molecule has 0 radical (unpaired) electrons. The number of esters is 1. The van der Waals surface area contributed by atoms with Gasteiger partial charge in [-0.3, -0.25) is 9.59 Å². The average molecular weight is 243 g/mol.